The highest BCUT2D eigenvalue weighted by Crippen LogP contribution is 2.30. The number of hydrogen-bond acceptors (Lipinski definition) is 7. The van der Waals surface area contributed by atoms with Gasteiger partial charge >= 0.3 is 10.1 Å². The summed E-state index contributed by atoms with van der Waals surface area (Å²) >= 11 is 0. The highest BCUT2D eigenvalue weighted by molar-refractivity contribution is 7.87. The lowest BCUT2D eigenvalue weighted by Crippen LogP contribution is -2.14. The summed E-state index contributed by atoms with van der Waals surface area (Å²) in [4.78, 5) is 21.3. The molecule has 1 aliphatic rings. The van der Waals surface area contributed by atoms with Crippen molar-refractivity contribution in [2.24, 2.45) is 5.92 Å². The highest BCUT2D eigenvalue weighted by Gasteiger charge is 2.30. The number of hydrogen-bond donors (Lipinski definition) is 3. The van der Waals surface area contributed by atoms with Crippen LogP contribution in [0.4, 0.5) is 17.3 Å². The van der Waals surface area contributed by atoms with Crippen LogP contribution in [0.1, 0.15) is 18.4 Å². The minimum Gasteiger partial charge on any atom is -0.381 e. The number of nitrogens with zero attached hydrogens (tertiary/aromatic N) is 2. The molecule has 4 aromatic rings. The zero-order valence-corrected chi connectivity index (χ0v) is 20.8. The van der Waals surface area contributed by atoms with Gasteiger partial charge in [-0.3, -0.25) is 10.1 Å². The molecule has 1 saturated carbocycles. The maximum Gasteiger partial charge on any atom is 0.339 e. The fourth-order valence-corrected chi connectivity index (χ4v) is 4.62. The van der Waals surface area contributed by atoms with Crippen molar-refractivity contribution >= 4 is 44.4 Å². The first-order chi connectivity index (χ1) is 17.3. The van der Waals surface area contributed by atoms with Gasteiger partial charge in [0.1, 0.15) is 10.6 Å². The van der Waals surface area contributed by atoms with Gasteiger partial charge in [0, 0.05) is 44.0 Å². The molecule has 1 fully saturated rings. The standard InChI is InChI=1S/C26H27N5O4S/c1-31(2)20-9-3-17(4-10-20)16-27-19-7-12-22(13-8-19)36(33,34)35-21-11-14-23-24(15-21)29-26(28-23)30-25(32)18-5-6-18/h3-4,7-15,18,27H,5-6,16H2,1-2H3,(H2,28,29,30,32). The van der Waals surface area contributed by atoms with E-state index in [1.807, 2.05) is 19.0 Å². The second-order valence-electron chi connectivity index (χ2n) is 9.00. The fourth-order valence-electron chi connectivity index (χ4n) is 3.69. The second-order valence-corrected chi connectivity index (χ2v) is 10.6. The van der Waals surface area contributed by atoms with E-state index in [0.29, 0.717) is 23.5 Å². The molecule has 5 rings (SSSR count). The zero-order valence-electron chi connectivity index (χ0n) is 20.0. The molecule has 0 bridgehead atoms. The van der Waals surface area contributed by atoms with Crippen LogP contribution in [0.5, 0.6) is 5.75 Å². The molecule has 1 aliphatic carbocycles. The van der Waals surface area contributed by atoms with E-state index in [-0.39, 0.29) is 22.5 Å². The molecule has 3 aromatic carbocycles. The summed E-state index contributed by atoms with van der Waals surface area (Å²) in [6, 6.07) is 19.3. The van der Waals surface area contributed by atoms with Gasteiger partial charge in [-0.25, -0.2) is 4.98 Å². The molecule has 0 unspecified atom stereocenters. The topological polar surface area (TPSA) is 116 Å². The van der Waals surface area contributed by atoms with Gasteiger partial charge in [-0.15, -0.1) is 0 Å². The quantitative estimate of drug-likeness (QED) is 0.290. The van der Waals surface area contributed by atoms with Crippen molar-refractivity contribution in [2.75, 3.05) is 29.6 Å². The Balaban J connectivity index is 1.22. The summed E-state index contributed by atoms with van der Waals surface area (Å²) in [5.74, 6) is 0.472. The van der Waals surface area contributed by atoms with Crippen LogP contribution in [-0.2, 0) is 21.5 Å². The Morgan fingerprint density at radius 2 is 1.78 bits per heavy atom. The summed E-state index contributed by atoms with van der Waals surface area (Å²) in [6.07, 6.45) is 1.79. The SMILES string of the molecule is CN(C)c1ccc(CNc2ccc(S(=O)(=O)Oc3ccc4nc(NC(=O)C5CC5)[nH]c4c3)cc2)cc1. The van der Waals surface area contributed by atoms with Crippen molar-refractivity contribution in [3.8, 4) is 5.75 Å². The number of imidazole rings is 1. The zero-order chi connectivity index (χ0) is 25.3. The normalized spacial score (nSPS) is 13.4. The van der Waals surface area contributed by atoms with Crippen LogP contribution >= 0.6 is 0 Å². The number of fused-ring (bicyclic) bond motifs is 1. The fraction of sp³-hybridized carbons (Fsp3) is 0.231. The average Bonchev–Trinajstić information content (AvgIpc) is 3.64. The second kappa shape index (κ2) is 9.54. The average molecular weight is 506 g/mol. The van der Waals surface area contributed by atoms with E-state index in [4.69, 9.17) is 4.18 Å². The molecule has 186 valence electrons. The van der Waals surface area contributed by atoms with Crippen LogP contribution in [0.2, 0.25) is 0 Å². The van der Waals surface area contributed by atoms with Crippen LogP contribution in [0.25, 0.3) is 11.0 Å². The number of amides is 1. The number of nitrogens with one attached hydrogen (secondary N) is 3. The molecule has 0 aliphatic heterocycles. The van der Waals surface area contributed by atoms with Gasteiger partial charge in [0.15, 0.2) is 0 Å². The molecule has 0 saturated heterocycles. The first-order valence-electron chi connectivity index (χ1n) is 11.6. The Morgan fingerprint density at radius 3 is 2.44 bits per heavy atom. The van der Waals surface area contributed by atoms with Crippen molar-refractivity contribution in [1.29, 1.82) is 0 Å². The minimum atomic E-state index is -4.03. The lowest BCUT2D eigenvalue weighted by atomic mass is 10.2. The lowest BCUT2D eigenvalue weighted by molar-refractivity contribution is -0.117. The van der Waals surface area contributed by atoms with Gasteiger partial charge in [0.05, 0.1) is 11.0 Å². The maximum absolute atomic E-state index is 12.8. The molecule has 10 heteroatoms. The van der Waals surface area contributed by atoms with E-state index in [0.717, 1.165) is 29.8 Å². The predicted octanol–water partition coefficient (Wildman–Crippen LogP) is 4.36. The first-order valence-corrected chi connectivity index (χ1v) is 13.0. The van der Waals surface area contributed by atoms with Gasteiger partial charge in [-0.1, -0.05) is 12.1 Å². The van der Waals surface area contributed by atoms with E-state index in [1.165, 1.54) is 18.2 Å². The van der Waals surface area contributed by atoms with E-state index in [1.54, 1.807) is 24.3 Å². The van der Waals surface area contributed by atoms with E-state index in [2.05, 4.69) is 44.9 Å². The molecule has 1 aromatic heterocycles. The Hall–Kier alpha value is -4.05. The molecule has 9 nitrogen and oxygen atoms in total. The number of anilines is 3. The Morgan fingerprint density at radius 1 is 1.06 bits per heavy atom. The van der Waals surface area contributed by atoms with Gasteiger partial charge in [0.2, 0.25) is 11.9 Å². The third kappa shape index (κ3) is 5.44. The number of H-pyrrole nitrogens is 1. The van der Waals surface area contributed by atoms with E-state index in [9.17, 15) is 13.2 Å². The molecule has 0 atom stereocenters. The number of rotatable bonds is 9. The van der Waals surface area contributed by atoms with Crippen molar-refractivity contribution in [2.45, 2.75) is 24.3 Å². The van der Waals surface area contributed by atoms with Gasteiger partial charge in [0.25, 0.3) is 0 Å². The molecular weight excluding hydrogens is 478 g/mol. The summed E-state index contributed by atoms with van der Waals surface area (Å²) in [6.45, 7) is 0.615. The highest BCUT2D eigenvalue weighted by atomic mass is 32.2. The smallest absolute Gasteiger partial charge is 0.339 e. The number of benzene rings is 3. The summed E-state index contributed by atoms with van der Waals surface area (Å²) < 4.78 is 31.0. The molecule has 0 radical (unpaired) electrons. The third-order valence-corrected chi connectivity index (χ3v) is 7.20. The van der Waals surface area contributed by atoms with Crippen LogP contribution in [0, 0.1) is 5.92 Å². The predicted molar refractivity (Wildman–Crippen MR) is 140 cm³/mol. The molecule has 1 heterocycles. The Kier molecular flexibility index (Phi) is 6.27. The molecule has 36 heavy (non-hydrogen) atoms. The Bertz CT molecular complexity index is 1490. The van der Waals surface area contributed by atoms with Gasteiger partial charge < -0.3 is 19.4 Å². The Labute approximate surface area is 209 Å². The summed E-state index contributed by atoms with van der Waals surface area (Å²) in [7, 11) is -0.0393. The first kappa shape index (κ1) is 23.7. The number of aromatic amines is 1. The van der Waals surface area contributed by atoms with Crippen molar-refractivity contribution in [3.63, 3.8) is 0 Å². The minimum absolute atomic E-state index is 0.0467. The van der Waals surface area contributed by atoms with Crippen molar-refractivity contribution in [1.82, 2.24) is 9.97 Å². The van der Waals surface area contributed by atoms with Crippen molar-refractivity contribution < 1.29 is 17.4 Å². The lowest BCUT2D eigenvalue weighted by Gasteiger charge is -2.13. The van der Waals surface area contributed by atoms with E-state index >= 15 is 0 Å². The van der Waals surface area contributed by atoms with Gasteiger partial charge in [-0.2, -0.15) is 8.42 Å². The van der Waals surface area contributed by atoms with E-state index < -0.39 is 10.1 Å². The van der Waals surface area contributed by atoms with Crippen LogP contribution in [-0.4, -0.2) is 38.4 Å². The summed E-state index contributed by atoms with van der Waals surface area (Å²) in [5.41, 5.74) is 4.20. The maximum atomic E-state index is 12.8. The monoisotopic (exact) mass is 505 g/mol. The van der Waals surface area contributed by atoms with Crippen molar-refractivity contribution in [3.05, 3.63) is 72.3 Å². The molecule has 3 N–H and O–H groups in total. The number of aromatic nitrogens is 2. The largest absolute Gasteiger partial charge is 0.381 e. The molecule has 1 amide bonds. The number of carbonyl (C=O) groups excluding carboxylic acids is 1. The van der Waals surface area contributed by atoms with Crippen LogP contribution < -0.4 is 19.7 Å². The summed E-state index contributed by atoms with van der Waals surface area (Å²) in [5, 5.41) is 6.04. The molecular formula is C26H27N5O4S. The third-order valence-electron chi connectivity index (χ3n) is 5.94. The molecule has 0 spiro atoms. The number of carbonyl (C=O) groups is 1. The van der Waals surface area contributed by atoms with Gasteiger partial charge in [-0.05, 0) is 66.9 Å². The van der Waals surface area contributed by atoms with Crippen LogP contribution in [0.15, 0.2) is 71.6 Å². The van der Waals surface area contributed by atoms with Crippen LogP contribution in [0.3, 0.4) is 0 Å².